The van der Waals surface area contributed by atoms with Crippen LogP contribution in [0, 0.1) is 11.3 Å². The number of hydrogen-bond donors (Lipinski definition) is 1. The summed E-state index contributed by atoms with van der Waals surface area (Å²) in [6, 6.07) is 28.3. The minimum Gasteiger partial charge on any atom is -0.497 e. The van der Waals surface area contributed by atoms with E-state index >= 15 is 0 Å². The molecule has 0 bridgehead atoms. The highest BCUT2D eigenvalue weighted by Crippen LogP contribution is 2.51. The molecule has 3 aromatic carbocycles. The van der Waals surface area contributed by atoms with Crippen LogP contribution in [0.2, 0.25) is 0 Å². The van der Waals surface area contributed by atoms with Crippen molar-refractivity contribution in [1.82, 2.24) is 14.2 Å². The lowest BCUT2D eigenvalue weighted by molar-refractivity contribution is -0.0977. The van der Waals surface area contributed by atoms with Gasteiger partial charge in [-0.25, -0.2) is 9.46 Å². The number of benzene rings is 3. The number of ether oxygens (including phenoxy) is 5. The molecule has 1 saturated heterocycles. The van der Waals surface area contributed by atoms with E-state index in [1.54, 1.807) is 14.2 Å². The van der Waals surface area contributed by atoms with E-state index < -0.39 is 56.5 Å². The van der Waals surface area contributed by atoms with Gasteiger partial charge in [-0.2, -0.15) is 5.26 Å². The quantitative estimate of drug-likeness (QED) is 0.0276. The summed E-state index contributed by atoms with van der Waals surface area (Å²) in [5, 5.41) is 9.57. The highest BCUT2D eigenvalue weighted by Gasteiger charge is 2.51. The summed E-state index contributed by atoms with van der Waals surface area (Å²) >= 11 is 0. The fraction of sp³-hybridized carbons (Fsp3) is 0.582. The second kappa shape index (κ2) is 29.7. The first kappa shape index (κ1) is 52.4. The Morgan fingerprint density at radius 1 is 0.754 bits per heavy atom. The zero-order valence-electron chi connectivity index (χ0n) is 44.1. The van der Waals surface area contributed by atoms with Crippen LogP contribution in [0.5, 0.6) is 11.5 Å². The van der Waals surface area contributed by atoms with Gasteiger partial charge >= 0.3 is 5.69 Å². The monoisotopic (exact) mass is 973 g/mol. The van der Waals surface area contributed by atoms with Crippen molar-refractivity contribution < 1.29 is 35.5 Å². The van der Waals surface area contributed by atoms with E-state index in [2.05, 4.69) is 22.6 Å². The molecular formula is C55H79N4O9P. The molecule has 1 unspecified atom stereocenters. The Labute approximate surface area is 415 Å². The maximum atomic E-state index is 13.7. The molecule has 1 aliphatic rings. The summed E-state index contributed by atoms with van der Waals surface area (Å²) in [4.78, 5) is 28.6. The molecule has 1 N–H and O–H groups in total. The maximum absolute atomic E-state index is 13.7. The summed E-state index contributed by atoms with van der Waals surface area (Å²) in [5.41, 5.74) is -0.300. The number of rotatable bonds is 33. The van der Waals surface area contributed by atoms with Gasteiger partial charge in [-0.15, -0.1) is 0 Å². The van der Waals surface area contributed by atoms with E-state index in [1.165, 1.54) is 74.6 Å². The number of nitrogens with one attached hydrogen (secondary N) is 1. The van der Waals surface area contributed by atoms with Crippen LogP contribution in [0.25, 0.3) is 0 Å². The van der Waals surface area contributed by atoms with Crippen molar-refractivity contribution in [3.05, 3.63) is 129 Å². The number of nitriles is 1. The number of aromatic amines is 1. The van der Waals surface area contributed by atoms with E-state index in [0.29, 0.717) is 17.9 Å². The Morgan fingerprint density at radius 2 is 1.28 bits per heavy atom. The molecule has 5 atom stereocenters. The first-order valence-corrected chi connectivity index (χ1v) is 26.3. The van der Waals surface area contributed by atoms with Crippen molar-refractivity contribution in [1.29, 1.82) is 5.26 Å². The molecule has 4 aromatic rings. The van der Waals surface area contributed by atoms with Gasteiger partial charge in [-0.05, 0) is 75.1 Å². The highest BCUT2D eigenvalue weighted by molar-refractivity contribution is 7.44. The van der Waals surface area contributed by atoms with Gasteiger partial charge in [0.25, 0.3) is 14.1 Å². The van der Waals surface area contributed by atoms with Gasteiger partial charge < -0.3 is 32.7 Å². The van der Waals surface area contributed by atoms with E-state index in [1.807, 2.05) is 107 Å². The molecule has 1 aromatic heterocycles. The van der Waals surface area contributed by atoms with Crippen LogP contribution in [-0.4, -0.2) is 78.6 Å². The van der Waals surface area contributed by atoms with E-state index in [9.17, 15) is 17.6 Å². The first-order valence-electron chi connectivity index (χ1n) is 26.2. The van der Waals surface area contributed by atoms with Crippen LogP contribution in [0.15, 0.2) is 101 Å². The van der Waals surface area contributed by atoms with Gasteiger partial charge in [0.2, 0.25) is 0 Å². The summed E-state index contributed by atoms with van der Waals surface area (Å²) in [6.45, 7) is 8.08. The molecule has 0 aliphatic carbocycles. The average Bonchev–Trinajstić information content (AvgIpc) is 3.67. The Morgan fingerprint density at radius 3 is 1.77 bits per heavy atom. The molecule has 378 valence electrons. The molecule has 0 spiro atoms. The maximum Gasteiger partial charge on any atom is 0.330 e. The normalized spacial score (nSPS) is 18.3. The zero-order valence-corrected chi connectivity index (χ0v) is 43.0. The molecule has 5 rings (SSSR count). The summed E-state index contributed by atoms with van der Waals surface area (Å²) in [7, 11) is 1.26. The second-order valence-corrected chi connectivity index (χ2v) is 19.6. The molecule has 13 nitrogen and oxygen atoms in total. The van der Waals surface area contributed by atoms with E-state index in [4.69, 9.17) is 32.7 Å². The lowest BCUT2D eigenvalue weighted by atomic mass is 9.80. The second-order valence-electron chi connectivity index (χ2n) is 18.2. The van der Waals surface area contributed by atoms with Gasteiger partial charge in [0.05, 0.1) is 42.7 Å². The van der Waals surface area contributed by atoms with Gasteiger partial charge in [0.15, 0.2) is 6.23 Å². The van der Waals surface area contributed by atoms with E-state index in [0.717, 1.165) is 36.0 Å². The fourth-order valence-electron chi connectivity index (χ4n) is 9.00. The molecule has 1 fully saturated rings. The summed E-state index contributed by atoms with van der Waals surface area (Å²) in [5.74, 6) is 1.31. The van der Waals surface area contributed by atoms with Crippen molar-refractivity contribution in [2.24, 2.45) is 0 Å². The highest BCUT2D eigenvalue weighted by atomic mass is 31.2. The molecule has 69 heavy (non-hydrogen) atoms. The molecular weight excluding hydrogens is 892 g/mol. The minimum absolute atomic E-state index is 0.0740. The molecule has 0 saturated carbocycles. The number of H-pyrrole nitrogens is 1. The van der Waals surface area contributed by atoms with Gasteiger partial charge in [-0.1, -0.05) is 145 Å². The first-order chi connectivity index (χ1) is 34.3. The van der Waals surface area contributed by atoms with Gasteiger partial charge in [0.1, 0.15) is 35.4 Å². The fourth-order valence-corrected chi connectivity index (χ4v) is 10.8. The SMILES string of the molecule is [2H]C([2H])(CCCCCCCCCCCCCCC)O[C@@H]1[C@H](OP(OCCC#N)N(C(C)C)C(C)C)[C@@H](COC(c2ccccc2)(c2ccc(OC)cc2)c2ccc(OC)cc2)O[C@H]1n1ccc(=O)[nH]c1=O. The van der Waals surface area contributed by atoms with Crippen molar-refractivity contribution in [2.45, 2.75) is 173 Å². The number of nitrogens with zero attached hydrogens (tertiary/aromatic N) is 3. The molecule has 14 heteroatoms. The van der Waals surface area contributed by atoms with E-state index in [-0.39, 0.29) is 38.1 Å². The standard InChI is InChI=1S/C55H79N4O9P/c1-8-9-10-11-12-13-14-15-16-17-18-19-20-24-39-64-52-51(68-69(66-40-25-37-56)59(42(2)3)43(4)5)49(67-53(52)58-38-36-50(60)57-54(58)61)41-65-55(44-26-22-21-23-27-44,45-28-32-47(62-6)33-29-45)46-30-34-48(63-7)35-31-46/h21-23,26-36,38,42-43,49,51-53H,8-20,24-25,39-41H2,1-7H3,(H,57,60,61)/t49-,51-,52-,53-,69?/m1/s1/i39D2. The molecule has 1 aliphatic heterocycles. The topological polar surface area (TPSA) is 146 Å². The summed E-state index contributed by atoms with van der Waals surface area (Å²) in [6.07, 6.45) is 11.8. The van der Waals surface area contributed by atoms with Gasteiger partial charge in [0, 0.05) is 30.9 Å². The Bertz CT molecular complexity index is 2240. The Kier molecular flexibility index (Phi) is 22.6. The van der Waals surface area contributed by atoms with Crippen LogP contribution in [0.4, 0.5) is 0 Å². The predicted octanol–water partition coefficient (Wildman–Crippen LogP) is 12.0. The Balaban J connectivity index is 1.53. The number of methoxy groups -OCH3 is 2. The lowest BCUT2D eigenvalue weighted by Gasteiger charge is -2.39. The number of aromatic nitrogens is 2. The van der Waals surface area contributed by atoms with Crippen LogP contribution in [0.3, 0.4) is 0 Å². The van der Waals surface area contributed by atoms with Crippen molar-refractivity contribution in [3.8, 4) is 17.6 Å². The summed E-state index contributed by atoms with van der Waals surface area (Å²) < 4.78 is 67.6. The smallest absolute Gasteiger partial charge is 0.330 e. The number of hydrogen-bond acceptors (Lipinski definition) is 11. The van der Waals surface area contributed by atoms with Crippen LogP contribution in [-0.2, 0) is 28.9 Å². The number of unbranched alkanes of at least 4 members (excludes halogenated alkanes) is 12. The largest absolute Gasteiger partial charge is 0.497 e. The minimum atomic E-state index is -2.19. The average molecular weight is 973 g/mol. The van der Waals surface area contributed by atoms with Gasteiger partial charge in [-0.3, -0.25) is 14.3 Å². The van der Waals surface area contributed by atoms with Crippen molar-refractivity contribution in [2.75, 3.05) is 34.0 Å². The molecule has 0 radical (unpaired) electrons. The molecule has 2 heterocycles. The molecule has 0 amide bonds. The third-order valence-electron chi connectivity index (χ3n) is 12.5. The van der Waals surface area contributed by atoms with Crippen molar-refractivity contribution >= 4 is 8.53 Å². The Hall–Kier alpha value is -4.38. The third kappa shape index (κ3) is 16.1. The zero-order chi connectivity index (χ0) is 51.2. The lowest BCUT2D eigenvalue weighted by Crippen LogP contribution is -2.43. The van der Waals surface area contributed by atoms with Crippen LogP contribution < -0.4 is 20.7 Å². The van der Waals surface area contributed by atoms with Crippen LogP contribution in [0.1, 0.15) is 157 Å². The van der Waals surface area contributed by atoms with Crippen molar-refractivity contribution in [3.63, 3.8) is 0 Å². The van der Waals surface area contributed by atoms with Crippen LogP contribution >= 0.6 is 8.53 Å². The third-order valence-corrected chi connectivity index (χ3v) is 14.7. The predicted molar refractivity (Wildman–Crippen MR) is 274 cm³/mol.